The standard InChI is InChI=1S/C17H20N4O3/c1-3-24-17(23)13-5-4-9-18-16(13)19-10-8-15(22)21-14-7-6-12(2)11-20-14/h4-7,9,11H,3,8,10H2,1-2H3,(H,18,19)(H,20,21,22). The van der Waals surface area contributed by atoms with Crippen LogP contribution in [0.15, 0.2) is 36.7 Å². The molecule has 0 fully saturated rings. The fourth-order valence-electron chi connectivity index (χ4n) is 1.96. The van der Waals surface area contributed by atoms with Gasteiger partial charge in [0, 0.05) is 25.4 Å². The van der Waals surface area contributed by atoms with Crippen molar-refractivity contribution >= 4 is 23.5 Å². The lowest BCUT2D eigenvalue weighted by Gasteiger charge is -2.10. The van der Waals surface area contributed by atoms with Crippen LogP contribution in [-0.2, 0) is 9.53 Å². The molecular weight excluding hydrogens is 308 g/mol. The summed E-state index contributed by atoms with van der Waals surface area (Å²) in [7, 11) is 0. The number of ether oxygens (including phenoxy) is 1. The number of hydrogen-bond acceptors (Lipinski definition) is 6. The normalized spacial score (nSPS) is 10.1. The lowest BCUT2D eigenvalue weighted by Crippen LogP contribution is -2.18. The third-order valence-electron chi connectivity index (χ3n) is 3.13. The Bertz CT molecular complexity index is 701. The molecule has 2 N–H and O–H groups in total. The van der Waals surface area contributed by atoms with Crippen LogP contribution in [-0.4, -0.2) is 35.0 Å². The summed E-state index contributed by atoms with van der Waals surface area (Å²) in [5.74, 6) is 0.293. The average Bonchev–Trinajstić information content (AvgIpc) is 2.57. The Hall–Kier alpha value is -2.96. The number of anilines is 2. The predicted octanol–water partition coefficient (Wildman–Crippen LogP) is 2.40. The van der Waals surface area contributed by atoms with E-state index in [0.717, 1.165) is 5.56 Å². The highest BCUT2D eigenvalue weighted by Crippen LogP contribution is 2.13. The van der Waals surface area contributed by atoms with Crippen LogP contribution >= 0.6 is 0 Å². The first-order valence-corrected chi connectivity index (χ1v) is 7.68. The van der Waals surface area contributed by atoms with Crippen LogP contribution < -0.4 is 10.6 Å². The van der Waals surface area contributed by atoms with Crippen molar-refractivity contribution in [1.82, 2.24) is 9.97 Å². The molecule has 0 radical (unpaired) electrons. The molecule has 0 atom stereocenters. The van der Waals surface area contributed by atoms with Crippen LogP contribution in [0.4, 0.5) is 11.6 Å². The second-order valence-corrected chi connectivity index (χ2v) is 5.07. The van der Waals surface area contributed by atoms with E-state index in [-0.39, 0.29) is 12.3 Å². The monoisotopic (exact) mass is 328 g/mol. The number of carbonyl (C=O) groups excluding carboxylic acids is 2. The van der Waals surface area contributed by atoms with Crippen LogP contribution in [0.5, 0.6) is 0 Å². The van der Waals surface area contributed by atoms with Gasteiger partial charge in [-0.2, -0.15) is 0 Å². The summed E-state index contributed by atoms with van der Waals surface area (Å²) in [6.07, 6.45) is 3.48. The summed E-state index contributed by atoms with van der Waals surface area (Å²) in [5.41, 5.74) is 1.37. The van der Waals surface area contributed by atoms with Crippen molar-refractivity contribution in [3.63, 3.8) is 0 Å². The molecule has 0 saturated carbocycles. The van der Waals surface area contributed by atoms with Crippen molar-refractivity contribution in [3.05, 3.63) is 47.8 Å². The molecule has 0 unspecified atom stereocenters. The number of nitrogens with one attached hydrogen (secondary N) is 2. The largest absolute Gasteiger partial charge is 0.462 e. The van der Waals surface area contributed by atoms with E-state index in [1.165, 1.54) is 0 Å². The van der Waals surface area contributed by atoms with E-state index >= 15 is 0 Å². The molecule has 2 heterocycles. The van der Waals surface area contributed by atoms with Crippen LogP contribution in [0.3, 0.4) is 0 Å². The molecule has 7 nitrogen and oxygen atoms in total. The average molecular weight is 328 g/mol. The molecule has 2 rings (SSSR count). The van der Waals surface area contributed by atoms with Gasteiger partial charge >= 0.3 is 5.97 Å². The molecular formula is C17H20N4O3. The van der Waals surface area contributed by atoms with Crippen molar-refractivity contribution < 1.29 is 14.3 Å². The summed E-state index contributed by atoms with van der Waals surface area (Å²) >= 11 is 0. The number of esters is 1. The van der Waals surface area contributed by atoms with Crippen LogP contribution in [0.25, 0.3) is 0 Å². The van der Waals surface area contributed by atoms with Crippen molar-refractivity contribution in [2.45, 2.75) is 20.3 Å². The maximum absolute atomic E-state index is 11.9. The summed E-state index contributed by atoms with van der Waals surface area (Å²) in [6.45, 7) is 4.29. The number of rotatable bonds is 7. The highest BCUT2D eigenvalue weighted by molar-refractivity contribution is 5.94. The second kappa shape index (κ2) is 8.61. The van der Waals surface area contributed by atoms with E-state index in [2.05, 4.69) is 20.6 Å². The summed E-state index contributed by atoms with van der Waals surface area (Å²) in [6, 6.07) is 6.91. The molecule has 0 bridgehead atoms. The quantitative estimate of drug-likeness (QED) is 0.758. The smallest absolute Gasteiger partial charge is 0.341 e. The molecule has 0 aliphatic rings. The molecule has 2 aromatic heterocycles. The molecule has 24 heavy (non-hydrogen) atoms. The van der Waals surface area contributed by atoms with Gasteiger partial charge in [-0.1, -0.05) is 6.07 Å². The first kappa shape index (κ1) is 17.4. The molecule has 126 valence electrons. The number of pyridine rings is 2. The van der Waals surface area contributed by atoms with Crippen molar-refractivity contribution in [2.75, 3.05) is 23.8 Å². The Labute approximate surface area is 140 Å². The number of aryl methyl sites for hydroxylation is 1. The van der Waals surface area contributed by atoms with Crippen molar-refractivity contribution in [1.29, 1.82) is 0 Å². The van der Waals surface area contributed by atoms with Gasteiger partial charge < -0.3 is 15.4 Å². The number of nitrogens with zero attached hydrogens (tertiary/aromatic N) is 2. The molecule has 2 aromatic rings. The minimum absolute atomic E-state index is 0.174. The van der Waals surface area contributed by atoms with E-state index in [9.17, 15) is 9.59 Å². The Morgan fingerprint density at radius 1 is 1.21 bits per heavy atom. The third-order valence-corrected chi connectivity index (χ3v) is 3.13. The van der Waals surface area contributed by atoms with E-state index < -0.39 is 5.97 Å². The van der Waals surface area contributed by atoms with Gasteiger partial charge in [-0.3, -0.25) is 4.79 Å². The number of aromatic nitrogens is 2. The molecule has 1 amide bonds. The molecule has 0 aromatic carbocycles. The van der Waals surface area contributed by atoms with E-state index in [1.54, 1.807) is 37.5 Å². The Balaban J connectivity index is 1.86. The predicted molar refractivity (Wildman–Crippen MR) is 90.9 cm³/mol. The number of hydrogen-bond donors (Lipinski definition) is 2. The zero-order chi connectivity index (χ0) is 17.4. The van der Waals surface area contributed by atoms with Gasteiger partial charge in [0.05, 0.1) is 6.61 Å². The number of carbonyl (C=O) groups is 2. The summed E-state index contributed by atoms with van der Waals surface area (Å²) in [4.78, 5) is 32.0. The highest BCUT2D eigenvalue weighted by atomic mass is 16.5. The third kappa shape index (κ3) is 5.05. The second-order valence-electron chi connectivity index (χ2n) is 5.07. The minimum Gasteiger partial charge on any atom is -0.462 e. The summed E-state index contributed by atoms with van der Waals surface area (Å²) in [5, 5.41) is 5.70. The van der Waals surface area contributed by atoms with Gasteiger partial charge in [0.1, 0.15) is 17.2 Å². The van der Waals surface area contributed by atoms with Crippen LogP contribution in [0, 0.1) is 6.92 Å². The summed E-state index contributed by atoms with van der Waals surface area (Å²) < 4.78 is 4.98. The maximum atomic E-state index is 11.9. The molecule has 0 spiro atoms. The Morgan fingerprint density at radius 3 is 2.75 bits per heavy atom. The SMILES string of the molecule is CCOC(=O)c1cccnc1NCCC(=O)Nc1ccc(C)cn1. The fourth-order valence-corrected chi connectivity index (χ4v) is 1.96. The minimum atomic E-state index is -0.443. The van der Waals surface area contributed by atoms with Gasteiger partial charge in [-0.25, -0.2) is 14.8 Å². The molecule has 0 aliphatic carbocycles. The molecule has 0 aliphatic heterocycles. The van der Waals surface area contributed by atoms with Crippen LogP contribution in [0.2, 0.25) is 0 Å². The Morgan fingerprint density at radius 2 is 2.04 bits per heavy atom. The van der Waals surface area contributed by atoms with Gasteiger partial charge in [0.15, 0.2) is 0 Å². The van der Waals surface area contributed by atoms with Gasteiger partial charge in [-0.05, 0) is 37.6 Å². The van der Waals surface area contributed by atoms with Gasteiger partial charge in [0.2, 0.25) is 5.91 Å². The lowest BCUT2D eigenvalue weighted by atomic mass is 10.2. The van der Waals surface area contributed by atoms with Gasteiger partial charge in [-0.15, -0.1) is 0 Å². The van der Waals surface area contributed by atoms with Gasteiger partial charge in [0.25, 0.3) is 0 Å². The molecule has 0 saturated heterocycles. The lowest BCUT2D eigenvalue weighted by molar-refractivity contribution is -0.116. The molecule has 7 heteroatoms. The zero-order valence-electron chi connectivity index (χ0n) is 13.7. The first-order valence-electron chi connectivity index (χ1n) is 7.68. The zero-order valence-corrected chi connectivity index (χ0v) is 13.7. The topological polar surface area (TPSA) is 93.2 Å². The van der Waals surface area contributed by atoms with Crippen molar-refractivity contribution in [2.24, 2.45) is 0 Å². The van der Waals surface area contributed by atoms with Crippen molar-refractivity contribution in [3.8, 4) is 0 Å². The number of amides is 1. The van der Waals surface area contributed by atoms with E-state index in [0.29, 0.717) is 30.4 Å². The van der Waals surface area contributed by atoms with E-state index in [4.69, 9.17) is 4.74 Å². The maximum Gasteiger partial charge on any atom is 0.341 e. The van der Waals surface area contributed by atoms with Crippen LogP contribution in [0.1, 0.15) is 29.3 Å². The first-order chi connectivity index (χ1) is 11.6. The highest BCUT2D eigenvalue weighted by Gasteiger charge is 2.13. The fraction of sp³-hybridized carbons (Fsp3) is 0.294. The Kier molecular flexibility index (Phi) is 6.24. The van der Waals surface area contributed by atoms with E-state index in [1.807, 2.05) is 13.0 Å².